The van der Waals surface area contributed by atoms with Gasteiger partial charge in [0.05, 0.1) is 37.4 Å². The zero-order valence-corrected chi connectivity index (χ0v) is 17.5. The highest BCUT2D eigenvalue weighted by Gasteiger charge is 2.38. The first-order valence-corrected chi connectivity index (χ1v) is 10.9. The van der Waals surface area contributed by atoms with Crippen LogP contribution in [0.15, 0.2) is 54.1 Å². The number of methoxy groups -OCH3 is 1. The quantitative estimate of drug-likeness (QED) is 0.641. The second-order valence-corrected chi connectivity index (χ2v) is 8.83. The van der Waals surface area contributed by atoms with E-state index >= 15 is 0 Å². The predicted octanol–water partition coefficient (Wildman–Crippen LogP) is 2.85. The maximum atomic E-state index is 13.5. The second kappa shape index (κ2) is 8.33. The van der Waals surface area contributed by atoms with Crippen LogP contribution in [0.1, 0.15) is 30.1 Å². The zero-order valence-electron chi connectivity index (χ0n) is 16.7. The third-order valence-electron chi connectivity index (χ3n) is 4.92. The summed E-state index contributed by atoms with van der Waals surface area (Å²) in [5.41, 5.74) is 1.43. The van der Waals surface area contributed by atoms with E-state index in [0.29, 0.717) is 36.0 Å². The number of nitrogens with zero attached hydrogens (tertiary/aromatic N) is 5. The molecule has 1 aromatic carbocycles. The summed E-state index contributed by atoms with van der Waals surface area (Å²) in [7, 11) is -2.30. The monoisotopic (exact) mass is 426 g/mol. The molecule has 3 aromatic rings. The van der Waals surface area contributed by atoms with Gasteiger partial charge in [0.15, 0.2) is 0 Å². The summed E-state index contributed by atoms with van der Waals surface area (Å²) in [6.07, 6.45) is 9.29. The Hall–Kier alpha value is -3.11. The summed E-state index contributed by atoms with van der Waals surface area (Å²) < 4.78 is 33.8. The molecule has 1 atom stereocenters. The van der Waals surface area contributed by atoms with Gasteiger partial charge in [-0.25, -0.2) is 18.4 Å². The molecule has 3 heterocycles. The first-order valence-electron chi connectivity index (χ1n) is 9.50. The molecule has 2 aromatic heterocycles. The molecule has 156 valence electrons. The maximum Gasteiger partial charge on any atom is 0.247 e. The lowest BCUT2D eigenvalue weighted by molar-refractivity contribution is 0.377. The molecule has 0 spiro atoms. The fourth-order valence-corrected chi connectivity index (χ4v) is 5.44. The summed E-state index contributed by atoms with van der Waals surface area (Å²) in [4.78, 5) is 17.2. The molecule has 0 amide bonds. The smallest absolute Gasteiger partial charge is 0.247 e. The third kappa shape index (κ3) is 3.96. The summed E-state index contributed by atoms with van der Waals surface area (Å²) in [5.74, 6) is 1.34. The van der Waals surface area contributed by atoms with Crippen LogP contribution in [0.2, 0.25) is 0 Å². The van der Waals surface area contributed by atoms with E-state index in [2.05, 4.69) is 25.3 Å². The second-order valence-electron chi connectivity index (χ2n) is 6.97. The van der Waals surface area contributed by atoms with E-state index in [-0.39, 0.29) is 4.90 Å². The summed E-state index contributed by atoms with van der Waals surface area (Å²) in [6, 6.07) is 4.74. The van der Waals surface area contributed by atoms with Gasteiger partial charge in [-0.05, 0) is 37.5 Å². The molecule has 1 aliphatic heterocycles. The molecule has 0 aliphatic carbocycles. The Labute approximate surface area is 175 Å². The van der Waals surface area contributed by atoms with Gasteiger partial charge < -0.3 is 10.1 Å². The minimum atomic E-state index is -3.78. The van der Waals surface area contributed by atoms with Gasteiger partial charge in [-0.3, -0.25) is 9.97 Å². The summed E-state index contributed by atoms with van der Waals surface area (Å²) in [5, 5.41) is 3.04. The van der Waals surface area contributed by atoms with Gasteiger partial charge in [0.2, 0.25) is 10.0 Å². The van der Waals surface area contributed by atoms with Gasteiger partial charge >= 0.3 is 0 Å². The van der Waals surface area contributed by atoms with Crippen molar-refractivity contribution in [2.75, 3.05) is 19.0 Å². The first-order chi connectivity index (χ1) is 14.5. The zero-order chi connectivity index (χ0) is 21.1. The minimum absolute atomic E-state index is 0.165. The summed E-state index contributed by atoms with van der Waals surface area (Å²) >= 11 is 0. The number of rotatable bonds is 6. The molecule has 1 N–H and O–H groups in total. The standard InChI is InChI=1S/C20H22N6O3S/c1-14-5-6-17(29-2)18(10-14)30(27,28)26-9-3-4-16(26)15-11-22-13-20(24-15)25-19-12-21-7-8-23-19/h5-8,10-13,16H,3-4,9H2,1-2H3,(H,23,24,25)/t16-/m1/s1. The van der Waals surface area contributed by atoms with Crippen molar-refractivity contribution in [1.29, 1.82) is 0 Å². The fourth-order valence-electron chi connectivity index (χ4n) is 3.53. The van der Waals surface area contributed by atoms with Crippen LogP contribution < -0.4 is 10.1 Å². The lowest BCUT2D eigenvalue weighted by Gasteiger charge is -2.24. The van der Waals surface area contributed by atoms with Crippen molar-refractivity contribution in [3.05, 3.63) is 60.4 Å². The van der Waals surface area contributed by atoms with Crippen molar-refractivity contribution >= 4 is 21.7 Å². The topological polar surface area (TPSA) is 110 Å². The van der Waals surface area contributed by atoms with Gasteiger partial charge in [0, 0.05) is 18.9 Å². The number of ether oxygens (including phenoxy) is 1. The van der Waals surface area contributed by atoms with E-state index < -0.39 is 16.1 Å². The van der Waals surface area contributed by atoms with Crippen LogP contribution >= 0.6 is 0 Å². The minimum Gasteiger partial charge on any atom is -0.495 e. The lowest BCUT2D eigenvalue weighted by Crippen LogP contribution is -2.31. The molecule has 4 rings (SSSR count). The number of hydrogen-bond acceptors (Lipinski definition) is 8. The lowest BCUT2D eigenvalue weighted by atomic mass is 10.2. The number of aryl methyl sites for hydroxylation is 1. The van der Waals surface area contributed by atoms with Gasteiger partial charge in [-0.15, -0.1) is 0 Å². The third-order valence-corrected chi connectivity index (χ3v) is 6.85. The number of hydrogen-bond donors (Lipinski definition) is 1. The molecule has 1 aliphatic rings. The molecule has 0 saturated carbocycles. The Kier molecular flexibility index (Phi) is 5.60. The molecule has 30 heavy (non-hydrogen) atoms. The van der Waals surface area contributed by atoms with Gasteiger partial charge in [0.25, 0.3) is 0 Å². The molecular formula is C20H22N6O3S. The highest BCUT2D eigenvalue weighted by Crippen LogP contribution is 2.38. The van der Waals surface area contributed by atoms with Crippen LogP contribution in [0.4, 0.5) is 11.6 Å². The van der Waals surface area contributed by atoms with Crippen molar-refractivity contribution in [2.24, 2.45) is 0 Å². The number of nitrogens with one attached hydrogen (secondary N) is 1. The van der Waals surface area contributed by atoms with E-state index in [1.165, 1.54) is 11.4 Å². The van der Waals surface area contributed by atoms with Gasteiger partial charge in [0.1, 0.15) is 22.3 Å². The Morgan fingerprint density at radius 1 is 1.13 bits per heavy atom. The largest absolute Gasteiger partial charge is 0.495 e. The Morgan fingerprint density at radius 2 is 1.97 bits per heavy atom. The normalized spacial score (nSPS) is 17.1. The molecule has 0 radical (unpaired) electrons. The number of anilines is 2. The van der Waals surface area contributed by atoms with Crippen molar-refractivity contribution in [3.63, 3.8) is 0 Å². The van der Waals surface area contributed by atoms with Crippen molar-refractivity contribution in [2.45, 2.75) is 30.7 Å². The Balaban J connectivity index is 1.66. The van der Waals surface area contributed by atoms with Gasteiger partial charge in [-0.2, -0.15) is 4.31 Å². The Bertz CT molecular complexity index is 1140. The van der Waals surface area contributed by atoms with Gasteiger partial charge in [-0.1, -0.05) is 6.07 Å². The number of aromatic nitrogens is 4. The molecule has 9 nitrogen and oxygen atoms in total. The highest BCUT2D eigenvalue weighted by molar-refractivity contribution is 7.89. The highest BCUT2D eigenvalue weighted by atomic mass is 32.2. The molecular weight excluding hydrogens is 404 g/mol. The molecule has 0 bridgehead atoms. The van der Waals surface area contributed by atoms with E-state index in [4.69, 9.17) is 4.74 Å². The Morgan fingerprint density at radius 3 is 2.73 bits per heavy atom. The average Bonchev–Trinajstić information content (AvgIpc) is 3.26. The van der Waals surface area contributed by atoms with Crippen molar-refractivity contribution in [3.8, 4) is 5.75 Å². The van der Waals surface area contributed by atoms with Crippen LogP contribution in [0.5, 0.6) is 5.75 Å². The van der Waals surface area contributed by atoms with E-state index in [1.807, 2.05) is 13.0 Å². The van der Waals surface area contributed by atoms with E-state index in [9.17, 15) is 8.42 Å². The molecule has 1 fully saturated rings. The molecule has 10 heteroatoms. The van der Waals surface area contributed by atoms with Crippen LogP contribution in [-0.4, -0.2) is 46.3 Å². The van der Waals surface area contributed by atoms with Crippen LogP contribution in [-0.2, 0) is 10.0 Å². The fraction of sp³-hybridized carbons (Fsp3) is 0.300. The number of sulfonamides is 1. The van der Waals surface area contributed by atoms with E-state index in [1.54, 1.807) is 43.1 Å². The van der Waals surface area contributed by atoms with Crippen LogP contribution in [0.25, 0.3) is 0 Å². The van der Waals surface area contributed by atoms with Crippen molar-refractivity contribution < 1.29 is 13.2 Å². The number of benzene rings is 1. The molecule has 1 saturated heterocycles. The maximum absolute atomic E-state index is 13.5. The average molecular weight is 427 g/mol. The first kappa shape index (κ1) is 20.2. The summed E-state index contributed by atoms with van der Waals surface area (Å²) in [6.45, 7) is 2.26. The van der Waals surface area contributed by atoms with Crippen LogP contribution in [0, 0.1) is 6.92 Å². The van der Waals surface area contributed by atoms with Crippen molar-refractivity contribution in [1.82, 2.24) is 24.2 Å². The predicted molar refractivity (Wildman–Crippen MR) is 111 cm³/mol. The SMILES string of the molecule is COc1ccc(C)cc1S(=O)(=O)N1CCC[C@@H]1c1cncc(Nc2cnccn2)n1. The van der Waals surface area contributed by atoms with E-state index in [0.717, 1.165) is 12.0 Å². The van der Waals surface area contributed by atoms with Crippen LogP contribution in [0.3, 0.4) is 0 Å². The molecule has 0 unspecified atom stereocenters.